The molecular weight excluding hydrogens is 301 g/mol. The molecule has 7 heteroatoms. The van der Waals surface area contributed by atoms with Crippen LogP contribution in [0.4, 0.5) is 14.9 Å². The molecule has 1 atom stereocenters. The Morgan fingerprint density at radius 3 is 3.00 bits per heavy atom. The molecule has 23 heavy (non-hydrogen) atoms. The van der Waals surface area contributed by atoms with Crippen molar-refractivity contribution in [3.8, 4) is 0 Å². The van der Waals surface area contributed by atoms with Crippen LogP contribution in [0.2, 0.25) is 0 Å². The molecule has 0 radical (unpaired) electrons. The number of nitrogens with zero attached hydrogens (tertiary/aromatic N) is 1. The van der Waals surface area contributed by atoms with E-state index in [4.69, 9.17) is 4.74 Å². The zero-order valence-corrected chi connectivity index (χ0v) is 13.2. The van der Waals surface area contributed by atoms with E-state index in [0.717, 1.165) is 12.8 Å². The molecule has 1 aliphatic rings. The smallest absolute Gasteiger partial charge is 0.325 e. The maximum absolute atomic E-state index is 13.2. The molecule has 1 fully saturated rings. The van der Waals surface area contributed by atoms with Crippen LogP contribution in [0.3, 0.4) is 0 Å². The number of likely N-dealkylation sites (tertiary alicyclic amines) is 1. The molecule has 2 N–H and O–H groups in total. The molecule has 0 aromatic heterocycles. The van der Waals surface area contributed by atoms with Gasteiger partial charge in [0.05, 0.1) is 6.61 Å². The molecule has 0 unspecified atom stereocenters. The van der Waals surface area contributed by atoms with Crippen molar-refractivity contribution in [3.63, 3.8) is 0 Å². The third-order valence-corrected chi connectivity index (χ3v) is 3.59. The van der Waals surface area contributed by atoms with Gasteiger partial charge >= 0.3 is 12.0 Å². The lowest BCUT2D eigenvalue weighted by molar-refractivity contribution is -0.141. The van der Waals surface area contributed by atoms with Crippen LogP contribution in [0.25, 0.3) is 0 Å². The largest absolute Gasteiger partial charge is 0.465 e. The number of benzene rings is 1. The number of ether oxygens (including phenoxy) is 1. The SMILES string of the molecule is CCOC(=O)CNC(=O)N1CCC[C@H](Nc2cccc(F)c2)C1. The van der Waals surface area contributed by atoms with Gasteiger partial charge in [-0.1, -0.05) is 6.07 Å². The first kappa shape index (κ1) is 17.1. The van der Waals surface area contributed by atoms with Crippen LogP contribution in [-0.4, -0.2) is 49.2 Å². The van der Waals surface area contributed by atoms with Gasteiger partial charge in [0, 0.05) is 24.8 Å². The molecule has 0 aliphatic carbocycles. The van der Waals surface area contributed by atoms with E-state index in [1.165, 1.54) is 12.1 Å². The fourth-order valence-electron chi connectivity index (χ4n) is 2.56. The number of esters is 1. The lowest BCUT2D eigenvalue weighted by Gasteiger charge is -2.33. The van der Waals surface area contributed by atoms with Gasteiger partial charge in [-0.05, 0) is 38.0 Å². The highest BCUT2D eigenvalue weighted by Gasteiger charge is 2.23. The maximum atomic E-state index is 13.2. The average molecular weight is 323 g/mol. The van der Waals surface area contributed by atoms with Crippen molar-refractivity contribution in [1.29, 1.82) is 0 Å². The Hall–Kier alpha value is -2.31. The molecule has 6 nitrogen and oxygen atoms in total. The highest BCUT2D eigenvalue weighted by molar-refractivity contribution is 5.81. The normalized spacial score (nSPS) is 17.5. The van der Waals surface area contributed by atoms with Crippen LogP contribution in [0.1, 0.15) is 19.8 Å². The van der Waals surface area contributed by atoms with Crippen LogP contribution in [-0.2, 0) is 9.53 Å². The first-order valence-corrected chi connectivity index (χ1v) is 7.79. The van der Waals surface area contributed by atoms with Gasteiger partial charge in [-0.25, -0.2) is 9.18 Å². The zero-order valence-electron chi connectivity index (χ0n) is 13.2. The van der Waals surface area contributed by atoms with Gasteiger partial charge in [0.15, 0.2) is 0 Å². The van der Waals surface area contributed by atoms with Crippen LogP contribution < -0.4 is 10.6 Å². The summed E-state index contributed by atoms with van der Waals surface area (Å²) in [5.74, 6) is -0.748. The second kappa shape index (κ2) is 8.36. The summed E-state index contributed by atoms with van der Waals surface area (Å²) in [7, 11) is 0. The number of hydrogen-bond acceptors (Lipinski definition) is 4. The molecule has 0 spiro atoms. The van der Waals surface area contributed by atoms with Crippen molar-refractivity contribution >= 4 is 17.7 Å². The Kier molecular flexibility index (Phi) is 6.19. The van der Waals surface area contributed by atoms with Crippen LogP contribution in [0, 0.1) is 5.82 Å². The minimum atomic E-state index is -0.452. The quantitative estimate of drug-likeness (QED) is 0.813. The molecule has 1 saturated heterocycles. The third-order valence-electron chi connectivity index (χ3n) is 3.59. The Morgan fingerprint density at radius 1 is 1.43 bits per heavy atom. The van der Waals surface area contributed by atoms with E-state index in [-0.39, 0.29) is 31.0 Å². The van der Waals surface area contributed by atoms with E-state index in [1.54, 1.807) is 24.0 Å². The molecule has 2 amide bonds. The summed E-state index contributed by atoms with van der Waals surface area (Å²) >= 11 is 0. The molecule has 1 aromatic rings. The van der Waals surface area contributed by atoms with Gasteiger partial charge in [-0.15, -0.1) is 0 Å². The number of halogens is 1. The predicted molar refractivity (Wildman–Crippen MR) is 84.6 cm³/mol. The minimum absolute atomic E-state index is 0.0545. The average Bonchev–Trinajstić information content (AvgIpc) is 2.53. The summed E-state index contributed by atoms with van der Waals surface area (Å²) in [6.45, 7) is 3.01. The molecule has 1 aliphatic heterocycles. The second-order valence-electron chi connectivity index (χ2n) is 5.40. The first-order valence-electron chi connectivity index (χ1n) is 7.79. The van der Waals surface area contributed by atoms with E-state index in [0.29, 0.717) is 18.8 Å². The van der Waals surface area contributed by atoms with Crippen molar-refractivity contribution in [1.82, 2.24) is 10.2 Å². The number of carbonyl (C=O) groups is 2. The molecule has 0 saturated carbocycles. The highest BCUT2D eigenvalue weighted by Crippen LogP contribution is 2.17. The molecule has 2 rings (SSSR count). The third kappa shape index (κ3) is 5.43. The van der Waals surface area contributed by atoms with Gasteiger partial charge < -0.3 is 20.3 Å². The van der Waals surface area contributed by atoms with Crippen molar-refractivity contribution < 1.29 is 18.7 Å². The second-order valence-corrected chi connectivity index (χ2v) is 5.40. The zero-order chi connectivity index (χ0) is 16.7. The summed E-state index contributed by atoms with van der Waals surface area (Å²) in [6.07, 6.45) is 1.75. The molecule has 1 aromatic carbocycles. The predicted octanol–water partition coefficient (Wildman–Crippen LogP) is 1.97. The Bertz CT molecular complexity index is 553. The van der Waals surface area contributed by atoms with Gasteiger partial charge in [0.25, 0.3) is 0 Å². The van der Waals surface area contributed by atoms with Crippen LogP contribution in [0.5, 0.6) is 0 Å². The Labute approximate surface area is 135 Å². The summed E-state index contributed by atoms with van der Waals surface area (Å²) in [6, 6.07) is 6.02. The summed E-state index contributed by atoms with van der Waals surface area (Å²) < 4.78 is 18.0. The summed E-state index contributed by atoms with van der Waals surface area (Å²) in [5, 5.41) is 5.79. The standard InChI is InChI=1S/C16H22FN3O3/c1-2-23-15(21)10-18-16(22)20-8-4-7-14(11-20)19-13-6-3-5-12(17)9-13/h3,5-6,9,14,19H,2,4,7-8,10-11H2,1H3,(H,18,22)/t14-/m0/s1. The lowest BCUT2D eigenvalue weighted by atomic mass is 10.1. The van der Waals surface area contributed by atoms with Crippen molar-refractivity contribution in [2.24, 2.45) is 0 Å². The number of anilines is 1. The van der Waals surface area contributed by atoms with Gasteiger partial charge in [0.2, 0.25) is 0 Å². The molecule has 126 valence electrons. The summed E-state index contributed by atoms with van der Waals surface area (Å²) in [5.41, 5.74) is 0.698. The minimum Gasteiger partial charge on any atom is -0.465 e. The van der Waals surface area contributed by atoms with Gasteiger partial charge in [0.1, 0.15) is 12.4 Å². The first-order chi connectivity index (χ1) is 11.1. The van der Waals surface area contributed by atoms with Crippen molar-refractivity contribution in [3.05, 3.63) is 30.1 Å². The van der Waals surface area contributed by atoms with E-state index < -0.39 is 5.97 Å². The van der Waals surface area contributed by atoms with Crippen molar-refractivity contribution in [2.75, 3.05) is 31.6 Å². The number of hydrogen-bond donors (Lipinski definition) is 2. The van der Waals surface area contributed by atoms with Gasteiger partial charge in [-0.2, -0.15) is 0 Å². The number of rotatable bonds is 5. The number of urea groups is 1. The number of piperidine rings is 1. The lowest BCUT2D eigenvalue weighted by Crippen LogP contribution is -2.50. The monoisotopic (exact) mass is 323 g/mol. The summed E-state index contributed by atoms with van der Waals surface area (Å²) in [4.78, 5) is 25.0. The fraction of sp³-hybridized carbons (Fsp3) is 0.500. The Morgan fingerprint density at radius 2 is 2.26 bits per heavy atom. The molecule has 1 heterocycles. The highest BCUT2D eigenvalue weighted by atomic mass is 19.1. The van der Waals surface area contributed by atoms with E-state index in [9.17, 15) is 14.0 Å². The van der Waals surface area contributed by atoms with E-state index in [1.807, 2.05) is 0 Å². The van der Waals surface area contributed by atoms with Crippen LogP contribution in [0.15, 0.2) is 24.3 Å². The number of carbonyl (C=O) groups excluding carboxylic acids is 2. The molecule has 0 bridgehead atoms. The maximum Gasteiger partial charge on any atom is 0.325 e. The number of amides is 2. The fourth-order valence-corrected chi connectivity index (χ4v) is 2.56. The molecular formula is C16H22FN3O3. The van der Waals surface area contributed by atoms with E-state index in [2.05, 4.69) is 10.6 Å². The Balaban J connectivity index is 1.82. The van der Waals surface area contributed by atoms with Crippen LogP contribution >= 0.6 is 0 Å². The number of nitrogens with one attached hydrogen (secondary N) is 2. The van der Waals surface area contributed by atoms with E-state index >= 15 is 0 Å². The topological polar surface area (TPSA) is 70.7 Å². The van der Waals surface area contributed by atoms with Gasteiger partial charge in [-0.3, -0.25) is 4.79 Å². The van der Waals surface area contributed by atoms with Crippen molar-refractivity contribution in [2.45, 2.75) is 25.8 Å².